The number of carbonyl (C=O) groups excluding carboxylic acids is 2. The van der Waals surface area contributed by atoms with Crippen LogP contribution in [0.25, 0.3) is 0 Å². The van der Waals surface area contributed by atoms with E-state index in [-0.39, 0.29) is 30.5 Å². The zero-order valence-electron chi connectivity index (χ0n) is 19.5. The second-order valence-electron chi connectivity index (χ2n) is 10.8. The van der Waals surface area contributed by atoms with Crippen LogP contribution in [-0.2, 0) is 14.3 Å². The number of hydrogen-bond donors (Lipinski definition) is 1. The van der Waals surface area contributed by atoms with E-state index in [1.165, 1.54) is 12.2 Å². The molecule has 3 saturated carbocycles. The minimum atomic E-state index is -1.73. The van der Waals surface area contributed by atoms with Gasteiger partial charge in [-0.2, -0.15) is 0 Å². The Bertz CT molecular complexity index is 1200. The van der Waals surface area contributed by atoms with Crippen LogP contribution in [0.5, 0.6) is 0 Å². The van der Waals surface area contributed by atoms with E-state index in [4.69, 9.17) is 16.3 Å². The van der Waals surface area contributed by atoms with Crippen LogP contribution in [-0.4, -0.2) is 39.5 Å². The van der Waals surface area contributed by atoms with Gasteiger partial charge in [-0.15, -0.1) is 11.6 Å². The minimum absolute atomic E-state index is 0.118. The Kier molecular flexibility index (Phi) is 5.79. The second-order valence-corrected chi connectivity index (χ2v) is 12.7. The molecule has 35 heavy (non-hydrogen) atoms. The number of ketones is 1. The van der Waals surface area contributed by atoms with Crippen LogP contribution in [0, 0.1) is 26.2 Å². The van der Waals surface area contributed by atoms with Gasteiger partial charge in [-0.25, -0.2) is 14.0 Å². The molecule has 0 aliphatic heterocycles. The van der Waals surface area contributed by atoms with Crippen molar-refractivity contribution in [2.45, 2.75) is 62.6 Å². The van der Waals surface area contributed by atoms with Gasteiger partial charge in [-0.05, 0) is 102 Å². The fraction of sp³-hybridized carbons (Fsp3) is 0.519. The van der Waals surface area contributed by atoms with Gasteiger partial charge in [-0.1, -0.05) is 26.0 Å². The number of hydrogen-bond acceptors (Lipinski definition) is 4. The van der Waals surface area contributed by atoms with Gasteiger partial charge in [0.1, 0.15) is 6.17 Å². The van der Waals surface area contributed by atoms with E-state index in [1.807, 2.05) is 19.9 Å². The Morgan fingerprint density at radius 1 is 1.20 bits per heavy atom. The number of rotatable bonds is 3. The summed E-state index contributed by atoms with van der Waals surface area (Å²) in [6.07, 6.45) is 4.77. The summed E-state index contributed by atoms with van der Waals surface area (Å²) in [7, 11) is 0. The Balaban J connectivity index is 1.53. The van der Waals surface area contributed by atoms with Gasteiger partial charge < -0.3 is 9.84 Å². The molecule has 186 valence electrons. The predicted molar refractivity (Wildman–Crippen MR) is 137 cm³/mol. The molecule has 0 radical (unpaired) electrons. The number of alkyl halides is 2. The molecule has 0 saturated heterocycles. The number of esters is 1. The molecule has 0 amide bonds. The minimum Gasteiger partial charge on any atom is -0.478 e. The number of benzene rings is 1. The molecule has 5 rings (SSSR count). The molecule has 0 bridgehead atoms. The molecule has 1 aromatic carbocycles. The molecule has 4 aliphatic carbocycles. The number of carbonyl (C=O) groups is 3. The highest BCUT2D eigenvalue weighted by atomic mass is 127. The average molecular weight is 613 g/mol. The summed E-state index contributed by atoms with van der Waals surface area (Å²) in [5, 5.41) is 10.5. The van der Waals surface area contributed by atoms with Gasteiger partial charge in [0.2, 0.25) is 5.60 Å². The lowest BCUT2D eigenvalue weighted by Gasteiger charge is -2.62. The maximum absolute atomic E-state index is 15.6. The first-order valence-corrected chi connectivity index (χ1v) is 13.3. The molecule has 7 atom stereocenters. The molecular weight excluding hydrogens is 586 g/mol. The number of halogens is 3. The summed E-state index contributed by atoms with van der Waals surface area (Å²) in [6, 6.07) is 6.84. The monoisotopic (exact) mass is 612 g/mol. The van der Waals surface area contributed by atoms with Crippen molar-refractivity contribution in [2.75, 3.05) is 0 Å². The van der Waals surface area contributed by atoms with Gasteiger partial charge in [0, 0.05) is 14.4 Å². The summed E-state index contributed by atoms with van der Waals surface area (Å²) in [4.78, 5) is 37.1. The predicted octanol–water partition coefficient (Wildman–Crippen LogP) is 5.89. The first-order chi connectivity index (χ1) is 16.4. The Hall–Kier alpha value is -1.74. The third kappa shape index (κ3) is 3.32. The Morgan fingerprint density at radius 2 is 1.94 bits per heavy atom. The molecule has 0 aromatic heterocycles. The van der Waals surface area contributed by atoms with E-state index >= 15 is 4.39 Å². The SMILES string of the molecule is C[C@]12C=CC(=O)C=C1[C@@H](F)C[C@H]1[C@@H]3CC[C@](OC(=O)c4cccc(I)c4)(C(=O)O)[C@@]3(C)CC[C@@]12Cl. The van der Waals surface area contributed by atoms with Crippen LogP contribution >= 0.6 is 34.2 Å². The first-order valence-electron chi connectivity index (χ1n) is 11.9. The Labute approximate surface area is 222 Å². The van der Waals surface area contributed by atoms with Crippen LogP contribution in [0.1, 0.15) is 56.3 Å². The zero-order valence-corrected chi connectivity index (χ0v) is 22.4. The lowest BCUT2D eigenvalue weighted by Crippen LogP contribution is -2.65. The molecule has 0 spiro atoms. The average Bonchev–Trinajstić information content (AvgIpc) is 3.10. The number of ether oxygens (including phenoxy) is 1. The highest BCUT2D eigenvalue weighted by Gasteiger charge is 2.73. The van der Waals surface area contributed by atoms with Crippen molar-refractivity contribution in [2.24, 2.45) is 22.7 Å². The van der Waals surface area contributed by atoms with Gasteiger partial charge in [0.25, 0.3) is 0 Å². The molecule has 8 heteroatoms. The van der Waals surface area contributed by atoms with Crippen molar-refractivity contribution in [3.05, 3.63) is 57.2 Å². The van der Waals surface area contributed by atoms with Crippen LogP contribution in [0.2, 0.25) is 0 Å². The lowest BCUT2D eigenvalue weighted by atomic mass is 9.46. The molecule has 5 nitrogen and oxygen atoms in total. The highest BCUT2D eigenvalue weighted by Crippen LogP contribution is 2.71. The zero-order chi connectivity index (χ0) is 25.4. The fourth-order valence-electron chi connectivity index (χ4n) is 7.47. The number of allylic oxidation sites excluding steroid dienone is 4. The van der Waals surface area contributed by atoms with Gasteiger partial charge in [0.05, 0.1) is 10.4 Å². The third-order valence-corrected chi connectivity index (χ3v) is 11.0. The fourth-order valence-corrected chi connectivity index (χ4v) is 8.52. The van der Waals surface area contributed by atoms with E-state index in [0.717, 1.165) is 3.57 Å². The molecule has 1 aromatic rings. The maximum Gasteiger partial charge on any atom is 0.348 e. The van der Waals surface area contributed by atoms with E-state index in [1.54, 1.807) is 24.3 Å². The van der Waals surface area contributed by atoms with Crippen molar-refractivity contribution in [1.82, 2.24) is 0 Å². The number of fused-ring (bicyclic) bond motifs is 5. The van der Waals surface area contributed by atoms with Gasteiger partial charge >= 0.3 is 11.9 Å². The Morgan fingerprint density at radius 3 is 2.63 bits per heavy atom. The van der Waals surface area contributed by atoms with Crippen molar-refractivity contribution in [3.63, 3.8) is 0 Å². The van der Waals surface area contributed by atoms with Crippen LogP contribution < -0.4 is 0 Å². The topological polar surface area (TPSA) is 80.7 Å². The van der Waals surface area contributed by atoms with E-state index < -0.39 is 39.4 Å². The van der Waals surface area contributed by atoms with Crippen molar-refractivity contribution in [3.8, 4) is 0 Å². The van der Waals surface area contributed by atoms with Gasteiger partial charge in [0.15, 0.2) is 5.78 Å². The van der Waals surface area contributed by atoms with Crippen molar-refractivity contribution < 1.29 is 28.6 Å². The summed E-state index contributed by atoms with van der Waals surface area (Å²) in [5.74, 6) is -2.68. The summed E-state index contributed by atoms with van der Waals surface area (Å²) in [6.45, 7) is 3.74. The van der Waals surface area contributed by atoms with E-state index in [2.05, 4.69) is 22.6 Å². The second kappa shape index (κ2) is 8.13. The standard InChI is InChI=1S/C27H27ClFIO5/c1-24-8-6-17(31)13-20(24)21(29)14-19-18-7-9-27(23(33)34,25(18,2)10-11-26(19,24)28)35-22(32)15-4-3-5-16(30)12-15/h3-6,8,12-13,18-19,21H,7,9-11,14H2,1-2H3,(H,33,34)/t18-,19-,21-,24-,25-,26+,27-/m0/s1. The van der Waals surface area contributed by atoms with Crippen molar-refractivity contribution in [1.29, 1.82) is 0 Å². The molecular formula is C27H27ClFIO5. The van der Waals surface area contributed by atoms with Gasteiger partial charge in [-0.3, -0.25) is 4.79 Å². The molecule has 1 N–H and O–H groups in total. The quantitative estimate of drug-likeness (QED) is 0.262. The molecule has 4 aliphatic rings. The normalized spacial score (nSPS) is 41.9. The van der Waals surface area contributed by atoms with Crippen LogP contribution in [0.3, 0.4) is 0 Å². The summed E-state index contributed by atoms with van der Waals surface area (Å²) in [5.41, 5.74) is -2.78. The summed E-state index contributed by atoms with van der Waals surface area (Å²) < 4.78 is 22.3. The summed E-state index contributed by atoms with van der Waals surface area (Å²) >= 11 is 9.49. The maximum atomic E-state index is 15.6. The highest BCUT2D eigenvalue weighted by molar-refractivity contribution is 14.1. The first kappa shape index (κ1) is 24.9. The lowest BCUT2D eigenvalue weighted by molar-refractivity contribution is -0.181. The van der Waals surface area contributed by atoms with E-state index in [0.29, 0.717) is 30.4 Å². The molecule has 3 fully saturated rings. The molecule has 0 heterocycles. The van der Waals surface area contributed by atoms with Crippen molar-refractivity contribution >= 4 is 51.9 Å². The van der Waals surface area contributed by atoms with Crippen LogP contribution in [0.15, 0.2) is 48.1 Å². The smallest absolute Gasteiger partial charge is 0.348 e. The van der Waals surface area contributed by atoms with Crippen LogP contribution in [0.4, 0.5) is 4.39 Å². The third-order valence-electron chi connectivity index (χ3n) is 9.44. The number of carboxylic acids is 1. The van der Waals surface area contributed by atoms with E-state index in [9.17, 15) is 19.5 Å². The largest absolute Gasteiger partial charge is 0.478 e. The number of carboxylic acid groups (broad SMARTS) is 1. The molecule has 0 unspecified atom stereocenters. The number of aliphatic carboxylic acids is 1.